The number of nitrogens with zero attached hydrogens (tertiary/aromatic N) is 6. The average Bonchev–Trinajstić information content (AvgIpc) is 3.28. The highest BCUT2D eigenvalue weighted by Gasteiger charge is 2.55. The van der Waals surface area contributed by atoms with Gasteiger partial charge in [0.2, 0.25) is 0 Å². The molecule has 3 unspecified atom stereocenters. The van der Waals surface area contributed by atoms with Crippen molar-refractivity contribution in [3.63, 3.8) is 0 Å². The molecule has 9 heteroatoms. The largest absolute Gasteiger partial charge is 0.386 e. The van der Waals surface area contributed by atoms with Crippen LogP contribution < -0.4 is 0 Å². The minimum absolute atomic E-state index is 0.188. The number of likely N-dealkylation sites (N-methyl/N-ethyl adjacent to an activating group) is 1. The first-order valence-electron chi connectivity index (χ1n) is 15.2. The van der Waals surface area contributed by atoms with Gasteiger partial charge in [-0.3, -0.25) is 9.89 Å². The van der Waals surface area contributed by atoms with Crippen molar-refractivity contribution in [3.05, 3.63) is 11.9 Å². The van der Waals surface area contributed by atoms with Gasteiger partial charge in [0, 0.05) is 58.3 Å². The maximum absolute atomic E-state index is 10.4. The fourth-order valence-corrected chi connectivity index (χ4v) is 6.55. The molecule has 6 nitrogen and oxygen atoms in total. The van der Waals surface area contributed by atoms with E-state index in [1.165, 1.54) is 64.7 Å². The zero-order chi connectivity index (χ0) is 29.2. The molecule has 0 N–H and O–H groups in total. The van der Waals surface area contributed by atoms with E-state index in [1.807, 2.05) is 20.9 Å². The fraction of sp³-hybridized carbons (Fsp3) is 0.867. The van der Waals surface area contributed by atoms with Crippen LogP contribution in [0.3, 0.4) is 0 Å². The number of hydrogen-bond donors (Lipinski definition) is 0. The van der Waals surface area contributed by atoms with Crippen molar-refractivity contribution in [2.75, 3.05) is 59.4 Å². The van der Waals surface area contributed by atoms with Crippen LogP contribution in [0.1, 0.15) is 80.1 Å². The van der Waals surface area contributed by atoms with Crippen LogP contribution in [0.25, 0.3) is 0 Å². The van der Waals surface area contributed by atoms with E-state index in [1.54, 1.807) is 0 Å². The fourth-order valence-electron chi connectivity index (χ4n) is 6.55. The van der Waals surface area contributed by atoms with Gasteiger partial charge in [-0.25, -0.2) is 4.99 Å². The first-order chi connectivity index (χ1) is 18.5. The monoisotopic (exact) mass is 556 g/mol. The Morgan fingerprint density at radius 3 is 2.15 bits per heavy atom. The lowest BCUT2D eigenvalue weighted by Gasteiger charge is -2.52. The first kappa shape index (κ1) is 33.6. The molecule has 1 spiro atoms. The molecule has 1 aliphatic carbocycles. The lowest BCUT2D eigenvalue weighted by atomic mass is 9.90. The average molecular weight is 557 g/mol. The Hall–Kier alpha value is -1.61. The second-order valence-corrected chi connectivity index (χ2v) is 11.4. The van der Waals surface area contributed by atoms with Gasteiger partial charge in [0.1, 0.15) is 11.7 Å². The number of halogens is 3. The smallest absolute Gasteiger partial charge is 0.357 e. The molecule has 0 radical (unpaired) electrons. The number of amidine groups is 1. The second-order valence-electron chi connectivity index (χ2n) is 11.4. The summed E-state index contributed by atoms with van der Waals surface area (Å²) in [6, 6.07) is 1.09. The number of hydrogen-bond acceptors (Lipinski definition) is 5. The Kier molecular flexibility index (Phi) is 13.3. The van der Waals surface area contributed by atoms with Gasteiger partial charge in [-0.2, -0.15) is 13.2 Å². The highest BCUT2D eigenvalue weighted by atomic mass is 19.4. The summed E-state index contributed by atoms with van der Waals surface area (Å²) in [6.45, 7) is 24.5. The van der Waals surface area contributed by atoms with Gasteiger partial charge in [0.25, 0.3) is 0 Å². The number of alkyl halides is 3. The maximum atomic E-state index is 10.4. The van der Waals surface area contributed by atoms with Gasteiger partial charge in [-0.15, -0.1) is 0 Å². The first-order valence-corrected chi connectivity index (χ1v) is 15.2. The molecule has 0 bridgehead atoms. The number of rotatable bonds is 9. The minimum atomic E-state index is -4.00. The third kappa shape index (κ3) is 9.48. The molecule has 3 saturated heterocycles. The van der Waals surface area contributed by atoms with E-state index in [0.717, 1.165) is 43.8 Å². The van der Waals surface area contributed by atoms with E-state index in [2.05, 4.69) is 63.1 Å². The van der Waals surface area contributed by atoms with Crippen molar-refractivity contribution < 1.29 is 13.2 Å². The van der Waals surface area contributed by atoms with Crippen molar-refractivity contribution in [1.82, 2.24) is 19.6 Å². The molecule has 3 aliphatic heterocycles. The molecule has 0 aromatic carbocycles. The zero-order valence-electron chi connectivity index (χ0n) is 25.7. The number of piperidine rings is 1. The third-order valence-corrected chi connectivity index (χ3v) is 8.88. The standard InChI is InChI=1S/C26H46N6.C2H3F3.C2H6/c1-6-12-30(7-2)23-20-32(21(23)3)25(28-5)17-24(27-4)31-15-10-26(11-16-31)18-22(26)19-29-13-8-9-14-29;1-2(3,4)5;1-2/h17,21-23H,5-16,18-20H2,1-4H3;1H3;1-2H3/b25-17+,27-24?;;. The number of likely N-dealkylation sites (tertiary alicyclic amines) is 3. The Labute approximate surface area is 236 Å². The molecule has 4 fully saturated rings. The highest BCUT2D eigenvalue weighted by Crippen LogP contribution is 2.59. The normalized spacial score (nSPS) is 27.0. The predicted molar refractivity (Wildman–Crippen MR) is 159 cm³/mol. The second kappa shape index (κ2) is 15.4. The molecule has 4 rings (SSSR count). The van der Waals surface area contributed by atoms with Gasteiger partial charge < -0.3 is 14.7 Å². The van der Waals surface area contributed by atoms with Crippen LogP contribution in [0.4, 0.5) is 13.2 Å². The summed E-state index contributed by atoms with van der Waals surface area (Å²) in [5.74, 6) is 3.00. The minimum Gasteiger partial charge on any atom is -0.357 e. The van der Waals surface area contributed by atoms with Crippen molar-refractivity contribution >= 4 is 12.6 Å². The Morgan fingerprint density at radius 2 is 1.69 bits per heavy atom. The summed E-state index contributed by atoms with van der Waals surface area (Å²) in [6.07, 6.45) is 6.29. The molecule has 3 atom stereocenters. The lowest BCUT2D eigenvalue weighted by molar-refractivity contribution is -0.110. The van der Waals surface area contributed by atoms with Gasteiger partial charge >= 0.3 is 6.18 Å². The van der Waals surface area contributed by atoms with Crippen LogP contribution in [0, 0.1) is 11.3 Å². The summed E-state index contributed by atoms with van der Waals surface area (Å²) in [5, 5.41) is 0. The van der Waals surface area contributed by atoms with Crippen molar-refractivity contribution in [2.45, 2.75) is 98.3 Å². The van der Waals surface area contributed by atoms with E-state index in [0.29, 0.717) is 17.5 Å². The Morgan fingerprint density at radius 1 is 1.10 bits per heavy atom. The van der Waals surface area contributed by atoms with Crippen molar-refractivity contribution in [2.24, 2.45) is 21.3 Å². The van der Waals surface area contributed by atoms with Crippen molar-refractivity contribution in [1.29, 1.82) is 0 Å². The van der Waals surface area contributed by atoms with E-state index < -0.39 is 6.18 Å². The predicted octanol–water partition coefficient (Wildman–Crippen LogP) is 6.15. The Balaban J connectivity index is 0.000000686. The van der Waals surface area contributed by atoms with Crippen molar-refractivity contribution in [3.8, 4) is 0 Å². The SMILES string of the molecule is C=N/C(=C\C(=NC)N1CCC2(CC1)CC2CN1CCCC1)N1CC(N(CC)CCC)C1C.CC.CC(F)(F)F. The summed E-state index contributed by atoms with van der Waals surface area (Å²) < 4.78 is 31.1. The number of aliphatic imine (C=N–C) groups is 2. The van der Waals surface area contributed by atoms with Gasteiger partial charge in [0.15, 0.2) is 0 Å². The molecular formula is C30H55F3N6. The topological polar surface area (TPSA) is 37.7 Å². The van der Waals surface area contributed by atoms with Crippen LogP contribution in [0.2, 0.25) is 0 Å². The van der Waals surface area contributed by atoms with Crippen LogP contribution in [0.5, 0.6) is 0 Å². The van der Waals surface area contributed by atoms with Crippen LogP contribution in [-0.2, 0) is 0 Å². The van der Waals surface area contributed by atoms with E-state index in [-0.39, 0.29) is 6.92 Å². The van der Waals surface area contributed by atoms with E-state index in [9.17, 15) is 13.2 Å². The molecule has 0 aromatic heterocycles. The molecule has 3 heterocycles. The van der Waals surface area contributed by atoms with Gasteiger partial charge in [-0.05, 0) is 89.7 Å². The molecule has 226 valence electrons. The molecule has 0 aromatic rings. The summed E-state index contributed by atoms with van der Waals surface area (Å²) in [4.78, 5) is 19.3. The van der Waals surface area contributed by atoms with Crippen LogP contribution in [0.15, 0.2) is 21.9 Å². The summed E-state index contributed by atoms with van der Waals surface area (Å²) in [7, 11) is 1.92. The van der Waals surface area contributed by atoms with Crippen LogP contribution in [-0.4, -0.2) is 110 Å². The highest BCUT2D eigenvalue weighted by molar-refractivity contribution is 5.93. The summed E-state index contributed by atoms with van der Waals surface area (Å²) >= 11 is 0. The Bertz CT molecular complexity index is 791. The van der Waals surface area contributed by atoms with Crippen LogP contribution >= 0.6 is 0 Å². The molecule has 4 aliphatic rings. The van der Waals surface area contributed by atoms with E-state index in [4.69, 9.17) is 0 Å². The molecule has 0 amide bonds. The summed E-state index contributed by atoms with van der Waals surface area (Å²) in [5.41, 5.74) is 0.628. The lowest BCUT2D eigenvalue weighted by Crippen LogP contribution is -2.64. The maximum Gasteiger partial charge on any atom is 0.386 e. The van der Waals surface area contributed by atoms with Gasteiger partial charge in [-0.1, -0.05) is 27.7 Å². The molecule has 39 heavy (non-hydrogen) atoms. The third-order valence-electron chi connectivity index (χ3n) is 8.88. The van der Waals surface area contributed by atoms with Gasteiger partial charge in [0.05, 0.1) is 0 Å². The van der Waals surface area contributed by atoms with E-state index >= 15 is 0 Å². The quantitative estimate of drug-likeness (QED) is 0.252. The molecular weight excluding hydrogens is 501 g/mol. The zero-order valence-corrected chi connectivity index (χ0v) is 25.7. The molecule has 1 saturated carbocycles.